The molecule has 9 heteroatoms. The molecular formula is C22H21FN6O2. The zero-order valence-corrected chi connectivity index (χ0v) is 17.1. The molecule has 1 fully saturated rings. The van der Waals surface area contributed by atoms with Gasteiger partial charge in [0, 0.05) is 36.9 Å². The molecule has 0 aliphatic carbocycles. The van der Waals surface area contributed by atoms with Crippen LogP contribution in [0.1, 0.15) is 29.4 Å². The topological polar surface area (TPSA) is 93.4 Å². The maximum absolute atomic E-state index is 14.4. The maximum atomic E-state index is 14.4. The summed E-state index contributed by atoms with van der Waals surface area (Å²) in [6.07, 6.45) is 7.34. The van der Waals surface area contributed by atoms with Gasteiger partial charge in [0.2, 0.25) is 0 Å². The van der Waals surface area contributed by atoms with Crippen LogP contribution in [0.4, 0.5) is 10.1 Å². The van der Waals surface area contributed by atoms with Gasteiger partial charge in [0.1, 0.15) is 22.9 Å². The van der Waals surface area contributed by atoms with Crippen molar-refractivity contribution in [2.75, 3.05) is 11.9 Å². The van der Waals surface area contributed by atoms with Gasteiger partial charge in [-0.3, -0.25) is 9.78 Å². The number of aromatic nitrogens is 4. The summed E-state index contributed by atoms with van der Waals surface area (Å²) < 4.78 is 22.1. The van der Waals surface area contributed by atoms with Gasteiger partial charge in [0.15, 0.2) is 11.5 Å². The van der Waals surface area contributed by atoms with Crippen molar-refractivity contribution in [1.29, 1.82) is 0 Å². The Labute approximate surface area is 177 Å². The summed E-state index contributed by atoms with van der Waals surface area (Å²) in [5.74, 6) is -0.344. The first kappa shape index (κ1) is 19.4. The number of carbonyl (C=O) groups is 1. The van der Waals surface area contributed by atoms with E-state index >= 15 is 0 Å². The van der Waals surface area contributed by atoms with Crippen molar-refractivity contribution in [2.24, 2.45) is 0 Å². The van der Waals surface area contributed by atoms with Crippen molar-refractivity contribution in [2.45, 2.75) is 32.4 Å². The molecule has 0 radical (unpaired) electrons. The Kier molecular flexibility index (Phi) is 4.74. The number of imidazole rings is 1. The van der Waals surface area contributed by atoms with Crippen LogP contribution in [0.3, 0.4) is 0 Å². The van der Waals surface area contributed by atoms with Crippen LogP contribution in [0.5, 0.6) is 5.75 Å². The van der Waals surface area contributed by atoms with E-state index in [4.69, 9.17) is 4.74 Å². The second-order valence-electron chi connectivity index (χ2n) is 7.70. The van der Waals surface area contributed by atoms with Gasteiger partial charge in [-0.25, -0.2) is 14.4 Å². The molecular weight excluding hydrogens is 399 g/mol. The van der Waals surface area contributed by atoms with Gasteiger partial charge in [-0.15, -0.1) is 0 Å². The minimum absolute atomic E-state index is 0.0261. The summed E-state index contributed by atoms with van der Waals surface area (Å²) in [7, 11) is 0. The summed E-state index contributed by atoms with van der Waals surface area (Å²) >= 11 is 0. The summed E-state index contributed by atoms with van der Waals surface area (Å²) in [6.45, 7) is 4.75. The molecule has 8 nitrogen and oxygen atoms in total. The molecule has 5 rings (SSSR count). The lowest BCUT2D eigenvalue weighted by Crippen LogP contribution is -2.30. The second kappa shape index (κ2) is 7.59. The number of aryl methyl sites for hydroxylation is 1. The molecule has 0 spiro atoms. The molecule has 1 unspecified atom stereocenters. The van der Waals surface area contributed by atoms with Gasteiger partial charge in [-0.1, -0.05) is 0 Å². The number of benzene rings is 1. The van der Waals surface area contributed by atoms with E-state index in [0.717, 1.165) is 13.0 Å². The lowest BCUT2D eigenvalue weighted by Gasteiger charge is -2.19. The normalized spacial score (nSPS) is 18.5. The summed E-state index contributed by atoms with van der Waals surface area (Å²) in [4.78, 5) is 25.9. The molecule has 2 N–H and O–H groups in total. The van der Waals surface area contributed by atoms with E-state index in [-0.39, 0.29) is 17.8 Å². The van der Waals surface area contributed by atoms with Gasteiger partial charge < -0.3 is 19.8 Å². The maximum Gasteiger partial charge on any atom is 0.257 e. The average molecular weight is 420 g/mol. The molecule has 1 amide bonds. The number of rotatable bonds is 4. The largest absolute Gasteiger partial charge is 0.486 e. The minimum atomic E-state index is -0.515. The third kappa shape index (κ3) is 3.57. The fourth-order valence-electron chi connectivity index (χ4n) is 3.92. The number of fused-ring (bicyclic) bond motifs is 2. The first-order chi connectivity index (χ1) is 15.0. The van der Waals surface area contributed by atoms with E-state index in [0.29, 0.717) is 33.7 Å². The molecule has 1 aliphatic rings. The molecule has 0 saturated carbocycles. The lowest BCUT2D eigenvalue weighted by atomic mass is 10.1. The molecule has 2 atom stereocenters. The lowest BCUT2D eigenvalue weighted by molar-refractivity contribution is 0.102. The molecule has 0 bridgehead atoms. The Hall–Kier alpha value is -3.59. The van der Waals surface area contributed by atoms with Crippen molar-refractivity contribution in [1.82, 2.24) is 24.7 Å². The van der Waals surface area contributed by atoms with Crippen LogP contribution in [0.25, 0.3) is 16.7 Å². The highest BCUT2D eigenvalue weighted by atomic mass is 19.1. The van der Waals surface area contributed by atoms with Crippen molar-refractivity contribution < 1.29 is 13.9 Å². The molecule has 4 heterocycles. The van der Waals surface area contributed by atoms with E-state index in [9.17, 15) is 9.18 Å². The average Bonchev–Trinajstić information content (AvgIpc) is 3.33. The molecule has 3 aromatic heterocycles. The smallest absolute Gasteiger partial charge is 0.257 e. The summed E-state index contributed by atoms with van der Waals surface area (Å²) in [5, 5.41) is 6.10. The number of carbonyl (C=O) groups excluding carboxylic acids is 1. The minimum Gasteiger partial charge on any atom is -0.486 e. The van der Waals surface area contributed by atoms with Crippen LogP contribution in [0.2, 0.25) is 0 Å². The second-order valence-corrected chi connectivity index (χ2v) is 7.70. The number of hydrogen-bond donors (Lipinski definition) is 2. The van der Waals surface area contributed by atoms with E-state index in [2.05, 4.69) is 32.5 Å². The zero-order chi connectivity index (χ0) is 21.5. The van der Waals surface area contributed by atoms with Gasteiger partial charge in [-0.2, -0.15) is 0 Å². The monoisotopic (exact) mass is 420 g/mol. The van der Waals surface area contributed by atoms with E-state index in [1.807, 2.05) is 0 Å². The van der Waals surface area contributed by atoms with E-state index in [1.54, 1.807) is 42.0 Å². The van der Waals surface area contributed by atoms with Crippen LogP contribution in [0, 0.1) is 12.7 Å². The van der Waals surface area contributed by atoms with Gasteiger partial charge >= 0.3 is 0 Å². The number of amides is 1. The number of ether oxygens (including phenoxy) is 1. The summed E-state index contributed by atoms with van der Waals surface area (Å²) in [5.41, 5.74) is 2.48. The Morgan fingerprint density at radius 1 is 1.26 bits per heavy atom. The Morgan fingerprint density at radius 2 is 2.06 bits per heavy atom. The molecule has 4 aromatic rings. The van der Waals surface area contributed by atoms with Crippen molar-refractivity contribution in [3.63, 3.8) is 0 Å². The number of nitrogens with one attached hydrogen (secondary N) is 2. The quantitative estimate of drug-likeness (QED) is 0.527. The van der Waals surface area contributed by atoms with Gasteiger partial charge in [0.05, 0.1) is 16.9 Å². The van der Waals surface area contributed by atoms with Crippen molar-refractivity contribution >= 4 is 28.3 Å². The predicted octanol–water partition coefficient (Wildman–Crippen LogP) is 3.11. The van der Waals surface area contributed by atoms with Crippen LogP contribution < -0.4 is 15.4 Å². The highest BCUT2D eigenvalue weighted by molar-refractivity contribution is 6.12. The van der Waals surface area contributed by atoms with Crippen LogP contribution >= 0.6 is 0 Å². The highest BCUT2D eigenvalue weighted by Gasteiger charge is 2.26. The highest BCUT2D eigenvalue weighted by Crippen LogP contribution is 2.28. The third-order valence-electron chi connectivity index (χ3n) is 5.45. The Bertz CT molecular complexity index is 1300. The fourth-order valence-corrected chi connectivity index (χ4v) is 3.92. The molecule has 1 aromatic carbocycles. The summed E-state index contributed by atoms with van der Waals surface area (Å²) in [6, 6.07) is 4.87. The number of pyridine rings is 1. The third-order valence-corrected chi connectivity index (χ3v) is 5.45. The SMILES string of the molecule is Cc1cn2cc(NC(=O)c3ccc(O[C@H]4CCNC4C)c4nccnc34)cc(F)c2n1. The number of nitrogens with zero attached hydrogens (tertiary/aromatic N) is 4. The standard InChI is InChI=1S/C22H21FN6O2/c1-12-10-29-11-14(9-16(23)21(29)27-12)28-22(30)15-3-4-18(20-19(15)25-7-8-26-20)31-17-5-6-24-13(17)2/h3-4,7-11,13,17,24H,5-6H2,1-2H3,(H,28,30)/t13?,17-/m0/s1. The molecule has 1 aliphatic heterocycles. The number of halogens is 1. The molecule has 31 heavy (non-hydrogen) atoms. The van der Waals surface area contributed by atoms with Crippen molar-refractivity contribution in [3.8, 4) is 5.75 Å². The first-order valence-electron chi connectivity index (χ1n) is 10.1. The van der Waals surface area contributed by atoms with E-state index in [1.165, 1.54) is 12.3 Å². The fraction of sp³-hybridized carbons (Fsp3) is 0.273. The first-order valence-corrected chi connectivity index (χ1v) is 10.1. The molecule has 1 saturated heterocycles. The van der Waals surface area contributed by atoms with Crippen LogP contribution in [-0.4, -0.2) is 44.0 Å². The Balaban J connectivity index is 1.47. The van der Waals surface area contributed by atoms with Gasteiger partial charge in [0.25, 0.3) is 5.91 Å². The van der Waals surface area contributed by atoms with Crippen molar-refractivity contribution in [3.05, 3.63) is 60.1 Å². The van der Waals surface area contributed by atoms with Crippen LogP contribution in [0.15, 0.2) is 43.0 Å². The molecule has 158 valence electrons. The van der Waals surface area contributed by atoms with Crippen LogP contribution in [-0.2, 0) is 0 Å². The van der Waals surface area contributed by atoms with E-state index < -0.39 is 11.7 Å². The van der Waals surface area contributed by atoms with Gasteiger partial charge in [-0.05, 0) is 38.9 Å². The Morgan fingerprint density at radius 3 is 2.84 bits per heavy atom. The number of anilines is 1. The number of hydrogen-bond acceptors (Lipinski definition) is 6. The zero-order valence-electron chi connectivity index (χ0n) is 17.1. The predicted molar refractivity (Wildman–Crippen MR) is 114 cm³/mol.